The van der Waals surface area contributed by atoms with Crippen LogP contribution >= 0.6 is 23.2 Å². The van der Waals surface area contributed by atoms with Crippen LogP contribution in [0.15, 0.2) is 42.7 Å². The summed E-state index contributed by atoms with van der Waals surface area (Å²) < 4.78 is 0. The molecule has 3 aromatic rings. The van der Waals surface area contributed by atoms with E-state index in [9.17, 15) is 0 Å². The first-order chi connectivity index (χ1) is 10.2. The van der Waals surface area contributed by atoms with Gasteiger partial charge in [0.15, 0.2) is 5.82 Å². The van der Waals surface area contributed by atoms with Gasteiger partial charge in [0.2, 0.25) is 5.82 Å². The Hall–Kier alpha value is -2.04. The van der Waals surface area contributed by atoms with Gasteiger partial charge in [0, 0.05) is 12.4 Å². The highest BCUT2D eigenvalue weighted by Crippen LogP contribution is 2.35. The zero-order chi connectivity index (χ0) is 14.8. The van der Waals surface area contributed by atoms with Gasteiger partial charge in [-0.25, -0.2) is 19.9 Å². The summed E-state index contributed by atoms with van der Waals surface area (Å²) in [6.45, 7) is 1.98. The molecule has 3 rings (SSSR count). The van der Waals surface area contributed by atoms with E-state index in [1.54, 1.807) is 18.5 Å². The van der Waals surface area contributed by atoms with E-state index in [2.05, 4.69) is 19.9 Å². The number of benzene rings is 1. The van der Waals surface area contributed by atoms with Gasteiger partial charge in [-0.15, -0.1) is 0 Å². The van der Waals surface area contributed by atoms with E-state index in [1.807, 2.05) is 31.2 Å². The topological polar surface area (TPSA) is 51.6 Å². The van der Waals surface area contributed by atoms with Gasteiger partial charge >= 0.3 is 0 Å². The minimum atomic E-state index is 0.284. The molecule has 0 aliphatic heterocycles. The van der Waals surface area contributed by atoms with Gasteiger partial charge in [0.05, 0.1) is 5.56 Å². The molecule has 4 nitrogen and oxygen atoms in total. The molecule has 0 aliphatic carbocycles. The van der Waals surface area contributed by atoms with Crippen molar-refractivity contribution in [2.45, 2.75) is 6.92 Å². The lowest BCUT2D eigenvalue weighted by Gasteiger charge is -2.10. The smallest absolute Gasteiger partial charge is 0.200 e. The van der Waals surface area contributed by atoms with E-state index in [0.717, 1.165) is 11.1 Å². The Kier molecular flexibility index (Phi) is 3.82. The monoisotopic (exact) mass is 316 g/mol. The Labute approximate surface area is 131 Å². The van der Waals surface area contributed by atoms with Crippen LogP contribution in [0.3, 0.4) is 0 Å². The molecule has 0 bridgehead atoms. The molecule has 6 heteroatoms. The molecule has 0 fully saturated rings. The minimum Gasteiger partial charge on any atom is -0.234 e. The number of hydrogen-bond donors (Lipinski definition) is 0. The summed E-state index contributed by atoms with van der Waals surface area (Å²) in [6.07, 6.45) is 3.23. The van der Waals surface area contributed by atoms with Crippen molar-refractivity contribution in [2.24, 2.45) is 0 Å². The lowest BCUT2D eigenvalue weighted by atomic mass is 10.0. The van der Waals surface area contributed by atoms with Crippen LogP contribution in [-0.2, 0) is 0 Å². The first kappa shape index (κ1) is 13.9. The quantitative estimate of drug-likeness (QED) is 0.664. The van der Waals surface area contributed by atoms with Gasteiger partial charge in [0.25, 0.3) is 0 Å². The third kappa shape index (κ3) is 2.73. The Balaban J connectivity index is 2.16. The molecule has 0 radical (unpaired) electrons. The van der Waals surface area contributed by atoms with Crippen molar-refractivity contribution in [2.75, 3.05) is 0 Å². The minimum absolute atomic E-state index is 0.284. The third-order valence-electron chi connectivity index (χ3n) is 3.00. The highest BCUT2D eigenvalue weighted by Gasteiger charge is 2.16. The summed E-state index contributed by atoms with van der Waals surface area (Å²) in [5.41, 5.74) is 2.58. The molecule has 1 aromatic carbocycles. The van der Waals surface area contributed by atoms with E-state index >= 15 is 0 Å². The predicted octanol–water partition coefficient (Wildman–Crippen LogP) is 4.22. The molecule has 2 aromatic heterocycles. The summed E-state index contributed by atoms with van der Waals surface area (Å²) in [5.74, 6) is 0.695. The lowest BCUT2D eigenvalue weighted by molar-refractivity contribution is 1.08. The Morgan fingerprint density at radius 1 is 0.810 bits per heavy atom. The highest BCUT2D eigenvalue weighted by molar-refractivity contribution is 6.37. The second-order valence-electron chi connectivity index (χ2n) is 4.39. The number of halogens is 2. The Morgan fingerprint density at radius 2 is 1.43 bits per heavy atom. The largest absolute Gasteiger partial charge is 0.234 e. The molecule has 21 heavy (non-hydrogen) atoms. The number of rotatable bonds is 2. The molecule has 2 heterocycles. The van der Waals surface area contributed by atoms with Crippen LogP contribution in [0.1, 0.15) is 5.56 Å². The van der Waals surface area contributed by atoms with Gasteiger partial charge in [-0.3, -0.25) is 0 Å². The van der Waals surface area contributed by atoms with Gasteiger partial charge in [-0.1, -0.05) is 47.5 Å². The molecule has 0 spiro atoms. The summed E-state index contributed by atoms with van der Waals surface area (Å²) in [4.78, 5) is 16.7. The van der Waals surface area contributed by atoms with Crippen LogP contribution in [0.25, 0.3) is 22.8 Å². The second-order valence-corrected chi connectivity index (χ2v) is 5.11. The zero-order valence-corrected chi connectivity index (χ0v) is 12.6. The molecule has 0 unspecified atom stereocenters. The van der Waals surface area contributed by atoms with Gasteiger partial charge in [-0.2, -0.15) is 0 Å². The van der Waals surface area contributed by atoms with E-state index in [1.165, 1.54) is 0 Å². The van der Waals surface area contributed by atoms with Crippen molar-refractivity contribution in [1.29, 1.82) is 0 Å². The number of aryl methyl sites for hydroxylation is 1. The number of hydrogen-bond acceptors (Lipinski definition) is 4. The average Bonchev–Trinajstić information content (AvgIpc) is 2.49. The summed E-state index contributed by atoms with van der Waals surface area (Å²) >= 11 is 12.6. The van der Waals surface area contributed by atoms with Crippen molar-refractivity contribution in [3.8, 4) is 22.8 Å². The van der Waals surface area contributed by atoms with E-state index in [4.69, 9.17) is 23.2 Å². The van der Waals surface area contributed by atoms with Crippen LogP contribution in [0.4, 0.5) is 0 Å². The Bertz CT molecular complexity index is 768. The average molecular weight is 317 g/mol. The standard InChI is InChI=1S/C15H10Cl2N4/c1-9-5-2-3-6-10(9)11-12(16)20-15(21-13(11)17)14-18-7-4-8-19-14/h2-8H,1H3. The Morgan fingerprint density at radius 3 is 2.05 bits per heavy atom. The van der Waals surface area contributed by atoms with Crippen molar-refractivity contribution in [1.82, 2.24) is 19.9 Å². The predicted molar refractivity (Wildman–Crippen MR) is 83.3 cm³/mol. The molecule has 0 atom stereocenters. The zero-order valence-electron chi connectivity index (χ0n) is 11.1. The third-order valence-corrected chi connectivity index (χ3v) is 3.55. The van der Waals surface area contributed by atoms with Gasteiger partial charge in [0.1, 0.15) is 10.3 Å². The van der Waals surface area contributed by atoms with Crippen molar-refractivity contribution in [3.63, 3.8) is 0 Å². The molecule has 0 saturated heterocycles. The fourth-order valence-electron chi connectivity index (χ4n) is 2.00. The molecule has 104 valence electrons. The maximum Gasteiger partial charge on any atom is 0.200 e. The van der Waals surface area contributed by atoms with Gasteiger partial charge < -0.3 is 0 Å². The van der Waals surface area contributed by atoms with Crippen LogP contribution < -0.4 is 0 Å². The van der Waals surface area contributed by atoms with E-state index < -0.39 is 0 Å². The molecule has 0 saturated carbocycles. The summed E-state index contributed by atoms with van der Waals surface area (Å²) in [6, 6.07) is 9.51. The fourth-order valence-corrected chi connectivity index (χ4v) is 2.59. The van der Waals surface area contributed by atoms with Crippen LogP contribution in [-0.4, -0.2) is 19.9 Å². The van der Waals surface area contributed by atoms with E-state index in [-0.39, 0.29) is 10.3 Å². The normalized spacial score (nSPS) is 10.6. The fraction of sp³-hybridized carbons (Fsp3) is 0.0667. The summed E-state index contributed by atoms with van der Waals surface area (Å²) in [7, 11) is 0. The van der Waals surface area contributed by atoms with Crippen LogP contribution in [0.2, 0.25) is 10.3 Å². The first-order valence-corrected chi connectivity index (χ1v) is 6.99. The van der Waals surface area contributed by atoms with E-state index in [0.29, 0.717) is 17.2 Å². The van der Waals surface area contributed by atoms with Crippen molar-refractivity contribution in [3.05, 3.63) is 58.6 Å². The molecular weight excluding hydrogens is 307 g/mol. The summed E-state index contributed by atoms with van der Waals surface area (Å²) in [5, 5.41) is 0.568. The second kappa shape index (κ2) is 5.76. The van der Waals surface area contributed by atoms with Crippen LogP contribution in [0, 0.1) is 6.92 Å². The van der Waals surface area contributed by atoms with Crippen molar-refractivity contribution < 1.29 is 0 Å². The highest BCUT2D eigenvalue weighted by atomic mass is 35.5. The first-order valence-electron chi connectivity index (χ1n) is 6.23. The number of nitrogens with zero attached hydrogens (tertiary/aromatic N) is 4. The number of aromatic nitrogens is 4. The SMILES string of the molecule is Cc1ccccc1-c1c(Cl)nc(-c2ncccn2)nc1Cl. The maximum absolute atomic E-state index is 6.30. The van der Waals surface area contributed by atoms with Crippen LogP contribution in [0.5, 0.6) is 0 Å². The molecule has 0 aliphatic rings. The molecule has 0 N–H and O–H groups in total. The molecule has 0 amide bonds. The lowest BCUT2D eigenvalue weighted by Crippen LogP contribution is -1.98. The van der Waals surface area contributed by atoms with Crippen molar-refractivity contribution >= 4 is 23.2 Å². The maximum atomic E-state index is 6.30. The molecular formula is C15H10Cl2N4. The van der Waals surface area contributed by atoms with Gasteiger partial charge in [-0.05, 0) is 24.1 Å².